The molecule has 17 aromatic rings. The van der Waals surface area contributed by atoms with Crippen LogP contribution in [0.25, 0.3) is 127 Å². The molecule has 0 spiro atoms. The number of hydrogen-bond donors (Lipinski definition) is 0. The highest BCUT2D eigenvalue weighted by atomic mass is 16.3. The Kier molecular flexibility index (Phi) is 12.4. The van der Waals surface area contributed by atoms with Crippen LogP contribution < -0.4 is 26.2 Å². The lowest BCUT2D eigenvalue weighted by Crippen LogP contribution is -2.61. The summed E-state index contributed by atoms with van der Waals surface area (Å²) in [6, 6.07) is 91.9. The summed E-state index contributed by atoms with van der Waals surface area (Å²) in [6.07, 6.45) is 6.70. The molecule has 1 aliphatic carbocycles. The standard InChI is InChI=1S/C95H70BN5O2/c1-94(2,3)62-40-46-81(72(53-62)59-25-9-7-10-26-59)100-83-55-64(98-77-35-19-14-29-67(77)68-30-15-20-36-78(68)98)42-44-75(83)96-76-45-43-65(99-79-37-21-16-31-69(79)74-50-58(57-97)24-13-18-38-80(74)99)56-84(76)101(82-47-41-63(95(4,5)6)54-73(82)60-27-11-8-12-28-60)86-52-61(51-85(100)92(86)96)66-33-23-34-71-91-89(103-93(66)71)49-48-88-90(91)70-32-17-22-39-87(70)102-88/h7-23,25-37,39-56H,24,38H2,1-6H3/b18-13-,58-50+/i16D,21D,31D,37D. The fourth-order valence-electron chi connectivity index (χ4n) is 17.0. The molecule has 8 heteroatoms. The molecule has 0 fully saturated rings. The van der Waals surface area contributed by atoms with Gasteiger partial charge in [-0.1, -0.05) is 230 Å². The van der Waals surface area contributed by atoms with Crippen LogP contribution in [0.2, 0.25) is 0 Å². The summed E-state index contributed by atoms with van der Waals surface area (Å²) in [7, 11) is 0. The highest BCUT2D eigenvalue weighted by Gasteiger charge is 2.46. The third kappa shape index (κ3) is 9.28. The zero-order valence-corrected chi connectivity index (χ0v) is 57.9. The maximum absolute atomic E-state index is 10.7. The number of rotatable bonds is 7. The Morgan fingerprint density at radius 3 is 1.56 bits per heavy atom. The van der Waals surface area contributed by atoms with Crippen LogP contribution >= 0.6 is 0 Å². The summed E-state index contributed by atoms with van der Waals surface area (Å²) in [4.78, 5) is 5.05. The minimum absolute atomic E-state index is 0.150. The smallest absolute Gasteiger partial charge is 0.252 e. The van der Waals surface area contributed by atoms with E-state index >= 15 is 0 Å². The molecule has 0 unspecified atom stereocenters. The molecule has 0 saturated carbocycles. The van der Waals surface area contributed by atoms with Gasteiger partial charge >= 0.3 is 0 Å². The predicted octanol–water partition coefficient (Wildman–Crippen LogP) is 23.6. The number of nitrogens with zero attached hydrogens (tertiary/aromatic N) is 5. The number of nitriles is 1. The molecule has 0 bridgehead atoms. The largest absolute Gasteiger partial charge is 0.456 e. The average molecular weight is 1330 g/mol. The third-order valence-corrected chi connectivity index (χ3v) is 21.8. The molecule has 4 aromatic heterocycles. The maximum Gasteiger partial charge on any atom is 0.252 e. The molecule has 103 heavy (non-hydrogen) atoms. The van der Waals surface area contributed by atoms with Gasteiger partial charge in [-0.05, 0) is 158 Å². The lowest BCUT2D eigenvalue weighted by atomic mass is 9.33. The summed E-state index contributed by atoms with van der Waals surface area (Å²) in [5, 5.41) is 17.4. The Balaban J connectivity index is 0.962. The van der Waals surface area contributed by atoms with Crippen LogP contribution in [0.1, 0.15) is 75.8 Å². The van der Waals surface area contributed by atoms with E-state index in [0.29, 0.717) is 40.6 Å². The van der Waals surface area contributed by atoms with Crippen LogP contribution in [0.4, 0.5) is 34.1 Å². The van der Waals surface area contributed by atoms with Crippen molar-refractivity contribution in [2.75, 3.05) is 9.80 Å². The van der Waals surface area contributed by atoms with E-state index in [4.69, 9.17) is 10.2 Å². The third-order valence-electron chi connectivity index (χ3n) is 21.8. The van der Waals surface area contributed by atoms with Crippen molar-refractivity contribution in [1.29, 1.82) is 5.26 Å². The van der Waals surface area contributed by atoms with Crippen molar-refractivity contribution < 1.29 is 14.3 Å². The number of anilines is 6. The zero-order chi connectivity index (χ0) is 72.6. The summed E-state index contributed by atoms with van der Waals surface area (Å²) in [5.41, 5.74) is 26.2. The van der Waals surface area contributed by atoms with Gasteiger partial charge in [-0.2, -0.15) is 5.26 Å². The fourth-order valence-corrected chi connectivity index (χ4v) is 17.0. The lowest BCUT2D eigenvalue weighted by Gasteiger charge is -2.45. The highest BCUT2D eigenvalue weighted by Crippen LogP contribution is 2.53. The molecule has 0 N–H and O–H groups in total. The lowest BCUT2D eigenvalue weighted by molar-refractivity contribution is 0.590. The SMILES string of the molecule is [2H]c1c([2H])c([2H])c2c(c1[2H])c1c(n2-c2ccc3c(c2)N(c2ccc(C(C)(C)C)cc2-c2ccccc2)c2cc(-c4cccc5c4oc4ccc6oc7ccccc7c6c45)cc4c2B3c2ccc(-n3c5ccccc5c5ccccc53)cc2N4c2ccc(C(C)(C)C)cc2-c2ccccc2)C/C=C\C/C(C#N)=C\1. The molecule has 2 aliphatic heterocycles. The number of benzene rings is 13. The van der Waals surface area contributed by atoms with Gasteiger partial charge in [-0.15, -0.1) is 0 Å². The van der Waals surface area contributed by atoms with Gasteiger partial charge in [0, 0.05) is 118 Å². The van der Waals surface area contributed by atoms with Crippen LogP contribution in [-0.2, 0) is 17.3 Å². The molecule has 0 radical (unpaired) electrons. The van der Waals surface area contributed by atoms with E-state index in [2.05, 4.69) is 293 Å². The molecule has 0 saturated heterocycles. The van der Waals surface area contributed by atoms with Crippen molar-refractivity contribution in [2.45, 2.75) is 65.2 Å². The Hall–Kier alpha value is -12.6. The number of hydrogen-bond acceptors (Lipinski definition) is 5. The number of allylic oxidation sites excluding steroid dienone is 3. The molecule has 7 nitrogen and oxygen atoms in total. The summed E-state index contributed by atoms with van der Waals surface area (Å²) < 4.78 is 56.5. The Bertz CT molecular complexity index is 6760. The normalized spacial score (nSPS) is 15.0. The molecule has 0 amide bonds. The van der Waals surface area contributed by atoms with Crippen molar-refractivity contribution in [3.05, 3.63) is 313 Å². The van der Waals surface area contributed by atoms with Crippen LogP contribution in [0, 0.1) is 11.3 Å². The Morgan fingerprint density at radius 1 is 0.417 bits per heavy atom. The molecular formula is C95H70BN5O2. The molecule has 490 valence electrons. The highest BCUT2D eigenvalue weighted by molar-refractivity contribution is 7.00. The van der Waals surface area contributed by atoms with Gasteiger partial charge < -0.3 is 27.8 Å². The quantitative estimate of drug-likeness (QED) is 0.117. The van der Waals surface area contributed by atoms with Crippen molar-refractivity contribution >= 4 is 140 Å². The second-order valence-corrected chi connectivity index (χ2v) is 29.9. The van der Waals surface area contributed by atoms with Crippen LogP contribution in [0.15, 0.2) is 299 Å². The van der Waals surface area contributed by atoms with Crippen molar-refractivity contribution in [2.24, 2.45) is 0 Å². The fraction of sp³-hybridized carbons (Fsp3) is 0.105. The van der Waals surface area contributed by atoms with Crippen molar-refractivity contribution in [1.82, 2.24) is 9.13 Å². The zero-order valence-electron chi connectivity index (χ0n) is 61.9. The van der Waals surface area contributed by atoms with Crippen LogP contribution in [0.5, 0.6) is 0 Å². The van der Waals surface area contributed by atoms with E-state index < -0.39 is 6.71 Å². The monoisotopic (exact) mass is 1330 g/mol. The first-order valence-electron chi connectivity index (χ1n) is 37.6. The second kappa shape index (κ2) is 22.7. The van der Waals surface area contributed by atoms with E-state index in [9.17, 15) is 9.37 Å². The van der Waals surface area contributed by atoms with Gasteiger partial charge in [-0.3, -0.25) is 0 Å². The van der Waals surface area contributed by atoms with Gasteiger partial charge in [0.15, 0.2) is 0 Å². The molecule has 0 atom stereocenters. The average Bonchev–Trinajstić information content (AvgIpc) is 1.09. The summed E-state index contributed by atoms with van der Waals surface area (Å²) in [6.45, 7) is 13.3. The minimum Gasteiger partial charge on any atom is -0.456 e. The first-order valence-corrected chi connectivity index (χ1v) is 35.6. The molecule has 20 rings (SSSR count). The maximum atomic E-state index is 10.7. The van der Waals surface area contributed by atoms with E-state index in [0.717, 1.165) is 150 Å². The van der Waals surface area contributed by atoms with Crippen LogP contribution in [-0.4, -0.2) is 15.8 Å². The first-order chi connectivity index (χ1) is 52.0. The Labute approximate surface area is 604 Å². The minimum atomic E-state index is -0.413. The molecule has 13 aromatic carbocycles. The predicted molar refractivity (Wildman–Crippen MR) is 431 cm³/mol. The van der Waals surface area contributed by atoms with Crippen molar-refractivity contribution in [3.8, 4) is 50.8 Å². The van der Waals surface area contributed by atoms with Crippen LogP contribution in [0.3, 0.4) is 0 Å². The van der Waals surface area contributed by atoms with Gasteiger partial charge in [0.1, 0.15) is 22.3 Å². The van der Waals surface area contributed by atoms with Gasteiger partial charge in [0.05, 0.1) is 39.5 Å². The number of aromatic nitrogens is 2. The first kappa shape index (κ1) is 56.2. The summed E-state index contributed by atoms with van der Waals surface area (Å²) in [5.74, 6) is 0. The number of furan rings is 2. The Morgan fingerprint density at radius 2 is 0.951 bits per heavy atom. The molecule has 6 heterocycles. The van der Waals surface area contributed by atoms with Gasteiger partial charge in [0.2, 0.25) is 0 Å². The van der Waals surface area contributed by atoms with Crippen molar-refractivity contribution in [3.63, 3.8) is 0 Å². The number of fused-ring (bicyclic) bond motifs is 17. The van der Waals surface area contributed by atoms with Gasteiger partial charge in [-0.25, -0.2) is 0 Å². The molecule has 3 aliphatic rings. The second-order valence-electron chi connectivity index (χ2n) is 29.9. The van der Waals surface area contributed by atoms with E-state index in [-0.39, 0.29) is 35.0 Å². The summed E-state index contributed by atoms with van der Waals surface area (Å²) >= 11 is 0. The topological polar surface area (TPSA) is 66.4 Å². The number of para-hydroxylation sites is 5. The van der Waals surface area contributed by atoms with Gasteiger partial charge in [0.25, 0.3) is 6.71 Å². The van der Waals surface area contributed by atoms with E-state index in [1.54, 1.807) is 0 Å². The van der Waals surface area contributed by atoms with E-state index in [1.807, 2.05) is 41.0 Å². The molecular weight excluding hydrogens is 1250 g/mol. The van der Waals surface area contributed by atoms with E-state index in [1.165, 1.54) is 21.9 Å².